The summed E-state index contributed by atoms with van der Waals surface area (Å²) in [5.41, 5.74) is 1.57. The summed E-state index contributed by atoms with van der Waals surface area (Å²) in [5.74, 6) is 1.51. The molecule has 0 radical (unpaired) electrons. The van der Waals surface area contributed by atoms with E-state index in [4.69, 9.17) is 13.9 Å². The van der Waals surface area contributed by atoms with Gasteiger partial charge in [0.25, 0.3) is 5.95 Å². The largest absolute Gasteiger partial charge is 0.497 e. The second kappa shape index (κ2) is 8.66. The summed E-state index contributed by atoms with van der Waals surface area (Å²) in [6, 6.07) is 5.21. The summed E-state index contributed by atoms with van der Waals surface area (Å²) in [5, 5.41) is 0.536. The van der Waals surface area contributed by atoms with Gasteiger partial charge in [-0.3, -0.25) is 9.59 Å². The first-order chi connectivity index (χ1) is 14.1. The number of Topliss-reactive ketones (excluding diaryl/α,β-unsaturated/α-hetero) is 1. The van der Waals surface area contributed by atoms with Gasteiger partial charge in [0.1, 0.15) is 22.7 Å². The molecular weight excluding hydrogens is 380 g/mol. The molecular formula is C25H32O5. The Bertz CT molecular complexity index is 1030. The maximum absolute atomic E-state index is 13.1. The smallest absolute Gasteiger partial charge is 0.293 e. The van der Waals surface area contributed by atoms with Crippen LogP contribution in [0, 0.1) is 5.92 Å². The highest BCUT2D eigenvalue weighted by molar-refractivity contribution is 5.81. The molecule has 1 aliphatic rings. The molecule has 0 bridgehead atoms. The average Bonchev–Trinajstić information content (AvgIpc) is 2.91. The van der Waals surface area contributed by atoms with E-state index in [0.29, 0.717) is 47.0 Å². The van der Waals surface area contributed by atoms with Crippen molar-refractivity contribution in [1.29, 1.82) is 0 Å². The zero-order valence-corrected chi connectivity index (χ0v) is 18.8. The molecule has 0 amide bonds. The minimum Gasteiger partial charge on any atom is -0.497 e. The van der Waals surface area contributed by atoms with E-state index in [1.165, 1.54) is 0 Å². The van der Waals surface area contributed by atoms with Crippen LogP contribution in [0.25, 0.3) is 11.0 Å². The Morgan fingerprint density at radius 1 is 1.33 bits per heavy atom. The van der Waals surface area contributed by atoms with E-state index < -0.39 is 5.60 Å². The lowest BCUT2D eigenvalue weighted by Gasteiger charge is -2.27. The summed E-state index contributed by atoms with van der Waals surface area (Å²) in [6.45, 7) is 10.2. The number of methoxy groups -OCH3 is 1. The lowest BCUT2D eigenvalue weighted by molar-refractivity contribution is -0.119. The highest BCUT2D eigenvalue weighted by Crippen LogP contribution is 2.46. The maximum atomic E-state index is 13.1. The van der Waals surface area contributed by atoms with Gasteiger partial charge < -0.3 is 13.9 Å². The standard InChI is InChI=1S/C25H32O5/c1-15(2)12-18(26)13-16(3)8-7-11-25(5)17(4)22-23(27)20-10-9-19(28-6)14-21(20)29-24(22)30-25/h8-10,14-15,17H,7,11-13H2,1-6H3. The average molecular weight is 413 g/mol. The van der Waals surface area contributed by atoms with Crippen molar-refractivity contribution in [2.24, 2.45) is 5.92 Å². The number of hydrogen-bond donors (Lipinski definition) is 0. The molecule has 1 aliphatic heterocycles. The normalized spacial score (nSPS) is 21.0. The Morgan fingerprint density at radius 2 is 2.07 bits per heavy atom. The number of ketones is 1. The van der Waals surface area contributed by atoms with Crippen LogP contribution in [-0.2, 0) is 4.79 Å². The van der Waals surface area contributed by atoms with Crippen molar-refractivity contribution in [1.82, 2.24) is 0 Å². The van der Waals surface area contributed by atoms with Crippen molar-refractivity contribution < 1.29 is 18.7 Å². The zero-order valence-electron chi connectivity index (χ0n) is 18.8. The second-order valence-electron chi connectivity index (χ2n) is 9.03. The van der Waals surface area contributed by atoms with E-state index in [1.54, 1.807) is 25.3 Å². The van der Waals surface area contributed by atoms with Crippen molar-refractivity contribution in [3.8, 4) is 11.7 Å². The maximum Gasteiger partial charge on any atom is 0.293 e. The molecule has 1 aromatic carbocycles. The van der Waals surface area contributed by atoms with Crippen LogP contribution in [0.3, 0.4) is 0 Å². The monoisotopic (exact) mass is 412 g/mol. The second-order valence-corrected chi connectivity index (χ2v) is 9.03. The fourth-order valence-corrected chi connectivity index (χ4v) is 4.13. The van der Waals surface area contributed by atoms with Gasteiger partial charge in [-0.2, -0.15) is 0 Å². The van der Waals surface area contributed by atoms with Crippen LogP contribution in [-0.4, -0.2) is 18.5 Å². The molecule has 30 heavy (non-hydrogen) atoms. The van der Waals surface area contributed by atoms with Gasteiger partial charge in [0.15, 0.2) is 5.43 Å². The Hall–Kier alpha value is -2.56. The first kappa shape index (κ1) is 22.1. The molecule has 1 aromatic heterocycles. The fourth-order valence-electron chi connectivity index (χ4n) is 4.13. The summed E-state index contributed by atoms with van der Waals surface area (Å²) < 4.78 is 17.4. The molecule has 0 fully saturated rings. The molecule has 2 heterocycles. The van der Waals surface area contributed by atoms with Gasteiger partial charge in [-0.15, -0.1) is 0 Å². The minimum atomic E-state index is -0.537. The summed E-state index contributed by atoms with van der Waals surface area (Å²) in [4.78, 5) is 25.1. The Morgan fingerprint density at radius 3 is 2.73 bits per heavy atom. The van der Waals surface area contributed by atoms with Crippen molar-refractivity contribution in [3.63, 3.8) is 0 Å². The molecule has 0 saturated heterocycles. The van der Waals surface area contributed by atoms with Crippen molar-refractivity contribution in [3.05, 3.63) is 45.6 Å². The van der Waals surface area contributed by atoms with Gasteiger partial charge in [0, 0.05) is 24.8 Å². The van der Waals surface area contributed by atoms with Gasteiger partial charge in [0.2, 0.25) is 0 Å². The Balaban J connectivity index is 1.76. The predicted molar refractivity (Wildman–Crippen MR) is 119 cm³/mol. The molecule has 0 spiro atoms. The number of benzene rings is 1. The van der Waals surface area contributed by atoms with E-state index in [9.17, 15) is 9.59 Å². The lowest BCUT2D eigenvalue weighted by Crippen LogP contribution is -2.33. The molecule has 0 saturated carbocycles. The number of fused-ring (bicyclic) bond motifs is 2. The van der Waals surface area contributed by atoms with Crippen molar-refractivity contribution in [2.75, 3.05) is 7.11 Å². The molecule has 0 N–H and O–H groups in total. The number of carbonyl (C=O) groups excluding carboxylic acids is 1. The van der Waals surface area contributed by atoms with Gasteiger partial charge in [-0.05, 0) is 44.7 Å². The molecule has 5 nitrogen and oxygen atoms in total. The van der Waals surface area contributed by atoms with Crippen molar-refractivity contribution >= 4 is 16.8 Å². The van der Waals surface area contributed by atoms with Gasteiger partial charge in [-0.25, -0.2) is 0 Å². The molecule has 3 rings (SSSR count). The number of carbonyl (C=O) groups is 1. The van der Waals surface area contributed by atoms with Gasteiger partial charge in [-0.1, -0.05) is 32.4 Å². The van der Waals surface area contributed by atoms with Crippen LogP contribution in [0.2, 0.25) is 0 Å². The van der Waals surface area contributed by atoms with Crippen molar-refractivity contribution in [2.45, 2.75) is 71.8 Å². The predicted octanol–water partition coefficient (Wildman–Crippen LogP) is 5.79. The molecule has 2 unspecified atom stereocenters. The SMILES string of the molecule is COc1ccc2c(=O)c3c(oc2c1)OC(C)(CCC=C(C)CC(=O)CC(C)C)C3C. The summed E-state index contributed by atoms with van der Waals surface area (Å²) >= 11 is 0. The van der Waals surface area contributed by atoms with Crippen LogP contribution >= 0.6 is 0 Å². The Labute approximate surface area is 178 Å². The third-order valence-corrected chi connectivity index (χ3v) is 6.02. The number of rotatable bonds is 8. The van der Waals surface area contributed by atoms with Gasteiger partial charge >= 0.3 is 0 Å². The van der Waals surface area contributed by atoms with Crippen LogP contribution in [0.1, 0.15) is 71.8 Å². The lowest BCUT2D eigenvalue weighted by atomic mass is 9.83. The minimum absolute atomic E-state index is 0.0452. The third kappa shape index (κ3) is 4.45. The number of ether oxygens (including phenoxy) is 2. The summed E-state index contributed by atoms with van der Waals surface area (Å²) in [6.07, 6.45) is 4.73. The quantitative estimate of drug-likeness (QED) is 0.514. The highest BCUT2D eigenvalue weighted by atomic mass is 16.6. The summed E-state index contributed by atoms with van der Waals surface area (Å²) in [7, 11) is 1.58. The van der Waals surface area contributed by atoms with Crippen LogP contribution in [0.15, 0.2) is 39.1 Å². The third-order valence-electron chi connectivity index (χ3n) is 6.02. The molecule has 2 atom stereocenters. The van der Waals surface area contributed by atoms with E-state index >= 15 is 0 Å². The van der Waals surface area contributed by atoms with E-state index in [1.807, 2.05) is 20.8 Å². The zero-order chi connectivity index (χ0) is 22.1. The Kier molecular flexibility index (Phi) is 6.39. The molecule has 2 aromatic rings. The number of hydrogen-bond acceptors (Lipinski definition) is 5. The van der Waals surface area contributed by atoms with E-state index in [0.717, 1.165) is 18.4 Å². The van der Waals surface area contributed by atoms with Crippen LogP contribution in [0.5, 0.6) is 11.7 Å². The van der Waals surface area contributed by atoms with E-state index in [-0.39, 0.29) is 17.1 Å². The first-order valence-corrected chi connectivity index (χ1v) is 10.7. The number of allylic oxidation sites excluding steroid dienone is 2. The fraction of sp³-hybridized carbons (Fsp3) is 0.520. The van der Waals surface area contributed by atoms with Gasteiger partial charge in [0.05, 0.1) is 18.1 Å². The first-order valence-electron chi connectivity index (χ1n) is 10.7. The molecule has 162 valence electrons. The molecule has 0 aliphatic carbocycles. The highest BCUT2D eigenvalue weighted by Gasteiger charge is 2.45. The topological polar surface area (TPSA) is 65.7 Å². The van der Waals surface area contributed by atoms with Crippen LogP contribution in [0.4, 0.5) is 0 Å². The van der Waals surface area contributed by atoms with E-state index in [2.05, 4.69) is 19.9 Å². The van der Waals surface area contributed by atoms with Crippen LogP contribution < -0.4 is 14.9 Å². The molecule has 5 heteroatoms.